The minimum absolute atomic E-state index is 0.125. The lowest BCUT2D eigenvalue weighted by Gasteiger charge is -2.14. The molecule has 0 unspecified atom stereocenters. The molecule has 0 amide bonds. The van der Waals surface area contributed by atoms with Gasteiger partial charge in [0.15, 0.2) is 0 Å². The van der Waals surface area contributed by atoms with Crippen molar-refractivity contribution >= 4 is 5.69 Å². The summed E-state index contributed by atoms with van der Waals surface area (Å²) in [6.07, 6.45) is 0.774. The number of hydrogen-bond acceptors (Lipinski definition) is 3. The lowest BCUT2D eigenvalue weighted by atomic mass is 9.89. The second kappa shape index (κ2) is 5.57. The molecule has 3 aromatic carbocycles. The van der Waals surface area contributed by atoms with E-state index >= 15 is 0 Å². The average Bonchev–Trinajstić information content (AvgIpc) is 2.99. The average molecular weight is 326 g/mol. The van der Waals surface area contributed by atoms with Crippen LogP contribution in [0.5, 0.6) is 0 Å². The maximum atomic E-state index is 11.3. The topological polar surface area (TPSA) is 66.9 Å². The number of aryl methyl sites for hydroxylation is 1. The van der Waals surface area contributed by atoms with E-state index in [4.69, 9.17) is 0 Å². The molecule has 0 saturated heterocycles. The Balaban J connectivity index is 2.03. The van der Waals surface area contributed by atoms with Crippen LogP contribution in [0.2, 0.25) is 0 Å². The predicted molar refractivity (Wildman–Crippen MR) is 96.2 cm³/mol. The highest BCUT2D eigenvalue weighted by Crippen LogP contribution is 2.44. The Morgan fingerprint density at radius 3 is 2.52 bits per heavy atom. The van der Waals surface area contributed by atoms with Gasteiger partial charge in [-0.2, -0.15) is 5.26 Å². The number of rotatable bonds is 2. The minimum Gasteiger partial charge on any atom is -0.258 e. The molecular weight excluding hydrogens is 312 g/mol. The molecule has 4 rings (SSSR count). The Labute approximate surface area is 145 Å². The Kier molecular flexibility index (Phi) is 3.36. The van der Waals surface area contributed by atoms with Gasteiger partial charge in [0.25, 0.3) is 5.69 Å². The zero-order valence-electron chi connectivity index (χ0n) is 13.6. The summed E-state index contributed by atoms with van der Waals surface area (Å²) >= 11 is 0. The Hall–Kier alpha value is -3.45. The number of fused-ring (bicyclic) bond motifs is 3. The van der Waals surface area contributed by atoms with Gasteiger partial charge in [-0.3, -0.25) is 10.1 Å². The van der Waals surface area contributed by atoms with Gasteiger partial charge in [0.05, 0.1) is 4.92 Å². The van der Waals surface area contributed by atoms with Crippen molar-refractivity contribution in [3.8, 4) is 28.3 Å². The molecule has 4 nitrogen and oxygen atoms in total. The van der Waals surface area contributed by atoms with Crippen LogP contribution in [-0.4, -0.2) is 4.92 Å². The maximum absolute atomic E-state index is 11.3. The fourth-order valence-corrected chi connectivity index (χ4v) is 3.72. The standard InChI is InChI=1S/C21H14N2O2/c1-13-9-10-16-15-6-3-2-5-14(15)11-18(16)21(13)17-7-4-8-20(23(24)25)19(17)12-22/h2-10H,11H2,1H3. The van der Waals surface area contributed by atoms with Crippen LogP contribution in [0.4, 0.5) is 5.69 Å². The lowest BCUT2D eigenvalue weighted by Crippen LogP contribution is -1.98. The van der Waals surface area contributed by atoms with Crippen LogP contribution in [0, 0.1) is 28.4 Å². The van der Waals surface area contributed by atoms with Crippen LogP contribution in [0.1, 0.15) is 22.3 Å². The first kappa shape index (κ1) is 15.1. The lowest BCUT2D eigenvalue weighted by molar-refractivity contribution is -0.385. The van der Waals surface area contributed by atoms with Crippen LogP contribution in [0.3, 0.4) is 0 Å². The molecule has 0 aliphatic heterocycles. The molecule has 25 heavy (non-hydrogen) atoms. The maximum Gasteiger partial charge on any atom is 0.287 e. The van der Waals surface area contributed by atoms with E-state index < -0.39 is 4.92 Å². The summed E-state index contributed by atoms with van der Waals surface area (Å²) in [5, 5.41) is 20.9. The fraction of sp³-hybridized carbons (Fsp3) is 0.0952. The molecule has 4 heteroatoms. The minimum atomic E-state index is -0.491. The van der Waals surface area contributed by atoms with Gasteiger partial charge in [0, 0.05) is 11.6 Å². The van der Waals surface area contributed by atoms with Gasteiger partial charge >= 0.3 is 0 Å². The highest BCUT2D eigenvalue weighted by molar-refractivity contribution is 5.89. The SMILES string of the molecule is Cc1ccc2c(c1-c1cccc([N+](=O)[O-])c1C#N)Cc1ccccc1-2. The largest absolute Gasteiger partial charge is 0.287 e. The second-order valence-electron chi connectivity index (χ2n) is 6.19. The van der Waals surface area contributed by atoms with Gasteiger partial charge in [-0.1, -0.05) is 48.5 Å². The van der Waals surface area contributed by atoms with Crippen LogP contribution in [0.25, 0.3) is 22.3 Å². The summed E-state index contributed by atoms with van der Waals surface area (Å²) in [5.41, 5.74) is 7.30. The highest BCUT2D eigenvalue weighted by atomic mass is 16.6. The van der Waals surface area contributed by atoms with E-state index in [-0.39, 0.29) is 11.3 Å². The van der Waals surface area contributed by atoms with Crippen LogP contribution >= 0.6 is 0 Å². The van der Waals surface area contributed by atoms with Gasteiger partial charge in [-0.05, 0) is 46.7 Å². The van der Waals surface area contributed by atoms with Crippen molar-refractivity contribution in [1.29, 1.82) is 5.26 Å². The molecule has 0 atom stereocenters. The molecule has 0 saturated carbocycles. The summed E-state index contributed by atoms with van der Waals surface area (Å²) in [6.45, 7) is 1.98. The molecule has 1 aliphatic carbocycles. The first-order chi connectivity index (χ1) is 12.1. The molecule has 0 radical (unpaired) electrons. The zero-order valence-corrected chi connectivity index (χ0v) is 13.6. The van der Waals surface area contributed by atoms with Gasteiger partial charge in [-0.15, -0.1) is 0 Å². The number of nitriles is 1. The van der Waals surface area contributed by atoms with E-state index in [0.29, 0.717) is 5.56 Å². The first-order valence-electron chi connectivity index (χ1n) is 8.00. The van der Waals surface area contributed by atoms with Gasteiger partial charge in [0.1, 0.15) is 11.6 Å². The smallest absolute Gasteiger partial charge is 0.258 e. The summed E-state index contributed by atoms with van der Waals surface area (Å²) in [7, 11) is 0. The monoisotopic (exact) mass is 326 g/mol. The number of nitro groups is 1. The molecule has 0 heterocycles. The second-order valence-corrected chi connectivity index (χ2v) is 6.19. The summed E-state index contributed by atoms with van der Waals surface area (Å²) in [6, 6.07) is 19.2. The number of hydrogen-bond donors (Lipinski definition) is 0. The van der Waals surface area contributed by atoms with Gasteiger partial charge in [0.2, 0.25) is 0 Å². The molecule has 0 N–H and O–H groups in total. The molecule has 120 valence electrons. The number of benzene rings is 3. The van der Waals surface area contributed by atoms with Crippen LogP contribution in [0.15, 0.2) is 54.6 Å². The first-order valence-corrected chi connectivity index (χ1v) is 8.00. The third-order valence-electron chi connectivity index (χ3n) is 4.82. The normalized spacial score (nSPS) is 11.5. The molecular formula is C21H14N2O2. The van der Waals surface area contributed by atoms with E-state index in [1.807, 2.05) is 31.2 Å². The van der Waals surface area contributed by atoms with E-state index in [1.165, 1.54) is 17.2 Å². The zero-order chi connectivity index (χ0) is 17.6. The van der Waals surface area contributed by atoms with Crippen LogP contribution in [-0.2, 0) is 6.42 Å². The van der Waals surface area contributed by atoms with Crippen molar-refractivity contribution in [2.75, 3.05) is 0 Å². The fourth-order valence-electron chi connectivity index (χ4n) is 3.72. The Bertz CT molecular complexity index is 1080. The molecule has 0 bridgehead atoms. The van der Waals surface area contributed by atoms with Crippen molar-refractivity contribution in [3.05, 3.63) is 87.0 Å². The molecule has 0 spiro atoms. The molecule has 0 aromatic heterocycles. The third kappa shape index (κ3) is 2.21. The third-order valence-corrected chi connectivity index (χ3v) is 4.82. The molecule has 0 fully saturated rings. The van der Waals surface area contributed by atoms with E-state index in [9.17, 15) is 15.4 Å². The molecule has 3 aromatic rings. The van der Waals surface area contributed by atoms with Crippen molar-refractivity contribution in [1.82, 2.24) is 0 Å². The number of nitro benzene ring substituents is 1. The summed E-state index contributed by atoms with van der Waals surface area (Å²) in [4.78, 5) is 10.8. The Morgan fingerprint density at radius 1 is 1.00 bits per heavy atom. The van der Waals surface area contributed by atoms with Gasteiger partial charge < -0.3 is 0 Å². The number of nitrogens with zero attached hydrogens (tertiary/aromatic N) is 2. The predicted octanol–water partition coefficient (Wildman–Crippen LogP) is 5.01. The van der Waals surface area contributed by atoms with Crippen molar-refractivity contribution in [2.45, 2.75) is 13.3 Å². The van der Waals surface area contributed by atoms with Crippen molar-refractivity contribution in [3.63, 3.8) is 0 Å². The highest BCUT2D eigenvalue weighted by Gasteiger charge is 2.26. The Morgan fingerprint density at radius 2 is 1.76 bits per heavy atom. The molecule has 1 aliphatic rings. The van der Waals surface area contributed by atoms with E-state index in [2.05, 4.69) is 18.2 Å². The van der Waals surface area contributed by atoms with Crippen LogP contribution < -0.4 is 0 Å². The summed E-state index contributed by atoms with van der Waals surface area (Å²) in [5.74, 6) is 0. The van der Waals surface area contributed by atoms with Crippen molar-refractivity contribution < 1.29 is 4.92 Å². The van der Waals surface area contributed by atoms with E-state index in [0.717, 1.165) is 28.7 Å². The van der Waals surface area contributed by atoms with E-state index in [1.54, 1.807) is 12.1 Å². The quantitative estimate of drug-likeness (QED) is 0.384. The summed E-state index contributed by atoms with van der Waals surface area (Å²) < 4.78 is 0. The van der Waals surface area contributed by atoms with Gasteiger partial charge in [-0.25, -0.2) is 0 Å². The van der Waals surface area contributed by atoms with Crippen molar-refractivity contribution in [2.24, 2.45) is 0 Å².